The van der Waals surface area contributed by atoms with E-state index >= 15 is 0 Å². The van der Waals surface area contributed by atoms with Crippen LogP contribution >= 0.6 is 0 Å². The molecule has 0 bridgehead atoms. The molecule has 0 amide bonds. The van der Waals surface area contributed by atoms with Crippen LogP contribution in [0.5, 0.6) is 0 Å². The number of aliphatic hydroxyl groups is 1. The fourth-order valence-corrected chi connectivity index (χ4v) is 2.05. The standard InChI is InChI=1S/C14H13F3O/c15-14(16,17)13(10-18)8-4-7-12(9-13)11-5-2-1-3-6-11/h1-8,18H,9-10H2. The molecule has 1 aromatic rings. The first kappa shape index (κ1) is 12.9. The highest BCUT2D eigenvalue weighted by Gasteiger charge is 2.53. The molecule has 1 unspecified atom stereocenters. The van der Waals surface area contributed by atoms with Crippen molar-refractivity contribution in [3.63, 3.8) is 0 Å². The minimum absolute atomic E-state index is 0.229. The Labute approximate surface area is 103 Å². The van der Waals surface area contributed by atoms with Crippen molar-refractivity contribution in [2.24, 2.45) is 5.41 Å². The van der Waals surface area contributed by atoms with E-state index in [1.807, 2.05) is 6.07 Å². The van der Waals surface area contributed by atoms with Gasteiger partial charge in [-0.2, -0.15) is 13.2 Å². The summed E-state index contributed by atoms with van der Waals surface area (Å²) >= 11 is 0. The van der Waals surface area contributed by atoms with Crippen LogP contribution in [0.15, 0.2) is 48.6 Å². The maximum atomic E-state index is 13.0. The van der Waals surface area contributed by atoms with Gasteiger partial charge in [0.15, 0.2) is 0 Å². The van der Waals surface area contributed by atoms with E-state index in [9.17, 15) is 13.2 Å². The van der Waals surface area contributed by atoms with Gasteiger partial charge in [0.1, 0.15) is 5.41 Å². The molecular weight excluding hydrogens is 241 g/mol. The predicted octanol–water partition coefficient (Wildman–Crippen LogP) is 3.57. The Morgan fingerprint density at radius 2 is 1.83 bits per heavy atom. The molecule has 1 aliphatic rings. The van der Waals surface area contributed by atoms with Gasteiger partial charge in [0.25, 0.3) is 0 Å². The Morgan fingerprint density at radius 1 is 1.17 bits per heavy atom. The maximum absolute atomic E-state index is 13.0. The van der Waals surface area contributed by atoms with E-state index in [4.69, 9.17) is 5.11 Å². The number of hydrogen-bond acceptors (Lipinski definition) is 1. The van der Waals surface area contributed by atoms with Crippen LogP contribution in [-0.4, -0.2) is 17.9 Å². The van der Waals surface area contributed by atoms with Gasteiger partial charge in [-0.05, 0) is 17.6 Å². The second-order valence-electron chi connectivity index (χ2n) is 4.41. The number of alkyl halides is 3. The minimum atomic E-state index is -4.45. The molecule has 0 aliphatic heterocycles. The number of aliphatic hydroxyl groups excluding tert-OH is 1. The molecule has 1 atom stereocenters. The van der Waals surface area contributed by atoms with E-state index in [0.29, 0.717) is 5.57 Å². The molecule has 18 heavy (non-hydrogen) atoms. The molecule has 0 aromatic heterocycles. The lowest BCUT2D eigenvalue weighted by Crippen LogP contribution is -2.40. The molecule has 0 radical (unpaired) electrons. The molecule has 1 aliphatic carbocycles. The van der Waals surface area contributed by atoms with Gasteiger partial charge in [0.2, 0.25) is 0 Å². The van der Waals surface area contributed by atoms with E-state index in [2.05, 4.69) is 0 Å². The molecule has 0 heterocycles. The molecule has 96 valence electrons. The summed E-state index contributed by atoms with van der Waals surface area (Å²) in [5.74, 6) is 0. The summed E-state index contributed by atoms with van der Waals surface area (Å²) in [4.78, 5) is 0. The molecule has 0 saturated heterocycles. The fourth-order valence-electron chi connectivity index (χ4n) is 2.05. The average Bonchev–Trinajstić information content (AvgIpc) is 2.38. The number of allylic oxidation sites excluding steroid dienone is 3. The predicted molar refractivity (Wildman–Crippen MR) is 63.7 cm³/mol. The lowest BCUT2D eigenvalue weighted by atomic mass is 9.76. The molecular formula is C14H13F3O. The normalized spacial score (nSPS) is 23.9. The third-order valence-corrected chi connectivity index (χ3v) is 3.21. The summed E-state index contributed by atoms with van der Waals surface area (Å²) in [5.41, 5.74) is -0.819. The largest absolute Gasteiger partial charge is 0.400 e. The van der Waals surface area contributed by atoms with Gasteiger partial charge in [0, 0.05) is 0 Å². The summed E-state index contributed by atoms with van der Waals surface area (Å²) in [6.07, 6.45) is -0.607. The van der Waals surface area contributed by atoms with E-state index in [0.717, 1.165) is 11.6 Å². The van der Waals surface area contributed by atoms with Gasteiger partial charge in [0.05, 0.1) is 6.61 Å². The second kappa shape index (κ2) is 4.61. The van der Waals surface area contributed by atoms with E-state index in [1.54, 1.807) is 30.3 Å². The van der Waals surface area contributed by atoms with Crippen LogP contribution in [0.25, 0.3) is 5.57 Å². The highest BCUT2D eigenvalue weighted by atomic mass is 19.4. The van der Waals surface area contributed by atoms with Crippen LogP contribution in [0.1, 0.15) is 12.0 Å². The van der Waals surface area contributed by atoms with E-state index in [1.165, 1.54) is 6.08 Å². The first-order valence-electron chi connectivity index (χ1n) is 5.60. The number of hydrogen-bond donors (Lipinski definition) is 1. The number of rotatable bonds is 2. The van der Waals surface area contributed by atoms with Crippen molar-refractivity contribution in [2.75, 3.05) is 6.61 Å². The molecule has 0 saturated carbocycles. The van der Waals surface area contributed by atoms with Crippen LogP contribution in [-0.2, 0) is 0 Å². The van der Waals surface area contributed by atoms with Gasteiger partial charge in [-0.3, -0.25) is 0 Å². The quantitative estimate of drug-likeness (QED) is 0.855. The van der Waals surface area contributed by atoms with Crippen molar-refractivity contribution in [1.82, 2.24) is 0 Å². The van der Waals surface area contributed by atoms with Crippen molar-refractivity contribution in [1.29, 1.82) is 0 Å². The van der Waals surface area contributed by atoms with Crippen LogP contribution < -0.4 is 0 Å². The highest BCUT2D eigenvalue weighted by Crippen LogP contribution is 2.47. The number of halogens is 3. The van der Waals surface area contributed by atoms with Gasteiger partial charge in [-0.15, -0.1) is 0 Å². The van der Waals surface area contributed by atoms with Crippen LogP contribution in [0, 0.1) is 5.41 Å². The molecule has 0 fully saturated rings. The Balaban J connectivity index is 2.34. The van der Waals surface area contributed by atoms with Crippen molar-refractivity contribution < 1.29 is 18.3 Å². The Hall–Kier alpha value is -1.55. The summed E-state index contributed by atoms with van der Waals surface area (Å²) in [6, 6.07) is 8.91. The van der Waals surface area contributed by atoms with Gasteiger partial charge < -0.3 is 5.11 Å². The zero-order valence-electron chi connectivity index (χ0n) is 9.61. The minimum Gasteiger partial charge on any atom is -0.395 e. The molecule has 4 heteroatoms. The Bertz CT molecular complexity index is 474. The third kappa shape index (κ3) is 2.20. The van der Waals surface area contributed by atoms with E-state index in [-0.39, 0.29) is 6.42 Å². The first-order valence-corrected chi connectivity index (χ1v) is 5.60. The smallest absolute Gasteiger partial charge is 0.395 e. The van der Waals surface area contributed by atoms with Crippen LogP contribution in [0.3, 0.4) is 0 Å². The molecule has 1 aromatic carbocycles. The summed E-state index contributed by atoms with van der Waals surface area (Å²) in [7, 11) is 0. The van der Waals surface area contributed by atoms with Crippen LogP contribution in [0.4, 0.5) is 13.2 Å². The van der Waals surface area contributed by atoms with Gasteiger partial charge in [-0.1, -0.05) is 48.6 Å². The van der Waals surface area contributed by atoms with Crippen LogP contribution in [0.2, 0.25) is 0 Å². The topological polar surface area (TPSA) is 20.2 Å². The zero-order valence-corrected chi connectivity index (χ0v) is 9.61. The average molecular weight is 254 g/mol. The first-order chi connectivity index (χ1) is 8.48. The monoisotopic (exact) mass is 254 g/mol. The number of benzene rings is 1. The van der Waals surface area contributed by atoms with Gasteiger partial charge in [-0.25, -0.2) is 0 Å². The summed E-state index contributed by atoms with van der Waals surface area (Å²) < 4.78 is 39.1. The molecule has 1 N–H and O–H groups in total. The van der Waals surface area contributed by atoms with Crippen molar-refractivity contribution in [3.8, 4) is 0 Å². The zero-order chi connectivity index (χ0) is 13.2. The summed E-state index contributed by atoms with van der Waals surface area (Å²) in [5, 5.41) is 9.14. The fraction of sp³-hybridized carbons (Fsp3) is 0.286. The Morgan fingerprint density at radius 3 is 2.39 bits per heavy atom. The molecule has 1 nitrogen and oxygen atoms in total. The van der Waals surface area contributed by atoms with Crippen molar-refractivity contribution in [3.05, 3.63) is 54.1 Å². The third-order valence-electron chi connectivity index (χ3n) is 3.21. The SMILES string of the molecule is OCC1(C(F)(F)F)C=CC=C(c2ccccc2)C1. The highest BCUT2D eigenvalue weighted by molar-refractivity contribution is 5.69. The summed E-state index contributed by atoms with van der Waals surface area (Å²) in [6.45, 7) is -0.933. The van der Waals surface area contributed by atoms with Gasteiger partial charge >= 0.3 is 6.18 Å². The van der Waals surface area contributed by atoms with Crippen molar-refractivity contribution >= 4 is 5.57 Å². The lowest BCUT2D eigenvalue weighted by Gasteiger charge is -2.34. The lowest BCUT2D eigenvalue weighted by molar-refractivity contribution is -0.215. The van der Waals surface area contributed by atoms with Crippen molar-refractivity contribution in [2.45, 2.75) is 12.6 Å². The second-order valence-corrected chi connectivity index (χ2v) is 4.41. The molecule has 0 spiro atoms. The maximum Gasteiger partial charge on any atom is 0.400 e. The molecule has 2 rings (SSSR count). The Kier molecular flexibility index (Phi) is 3.30. The van der Waals surface area contributed by atoms with E-state index < -0.39 is 18.2 Å².